The monoisotopic (exact) mass is 376 g/mol. The molecule has 25 heavy (non-hydrogen) atoms. The zero-order chi connectivity index (χ0) is 17.8. The van der Waals surface area contributed by atoms with E-state index < -0.39 is 0 Å². The van der Waals surface area contributed by atoms with E-state index in [1.807, 2.05) is 12.1 Å². The molecule has 7 heteroatoms. The van der Waals surface area contributed by atoms with E-state index in [0.29, 0.717) is 27.5 Å². The lowest BCUT2D eigenvalue weighted by atomic mass is 9.93. The molecule has 1 saturated carbocycles. The zero-order valence-electron chi connectivity index (χ0n) is 13.4. The van der Waals surface area contributed by atoms with E-state index in [-0.39, 0.29) is 5.91 Å². The van der Waals surface area contributed by atoms with Gasteiger partial charge in [0, 0.05) is 23.9 Å². The van der Waals surface area contributed by atoms with Crippen LogP contribution in [0, 0.1) is 0 Å². The van der Waals surface area contributed by atoms with Crippen LogP contribution in [0.3, 0.4) is 0 Å². The maximum Gasteiger partial charge on any atom is 0.248 e. The van der Waals surface area contributed by atoms with Gasteiger partial charge in [-0.1, -0.05) is 23.2 Å². The summed E-state index contributed by atoms with van der Waals surface area (Å²) in [4.78, 5) is 16.5. The van der Waals surface area contributed by atoms with Gasteiger partial charge in [-0.15, -0.1) is 0 Å². The summed E-state index contributed by atoms with van der Waals surface area (Å²) in [6, 6.07) is 7.24. The molecular weight excluding hydrogens is 359 g/mol. The van der Waals surface area contributed by atoms with Gasteiger partial charge in [0.05, 0.1) is 21.4 Å². The second-order valence-corrected chi connectivity index (χ2v) is 6.70. The highest BCUT2D eigenvalue weighted by Gasteiger charge is 2.18. The Morgan fingerprint density at radius 1 is 1.28 bits per heavy atom. The van der Waals surface area contributed by atoms with Gasteiger partial charge in [0.25, 0.3) is 0 Å². The first-order valence-corrected chi connectivity index (χ1v) is 8.73. The molecule has 0 atom stereocenters. The minimum Gasteiger partial charge on any atom is -0.397 e. The average molecular weight is 377 g/mol. The molecule has 0 spiro atoms. The second-order valence-electron chi connectivity index (χ2n) is 5.89. The fourth-order valence-corrected chi connectivity index (χ4v) is 2.76. The molecule has 1 aliphatic rings. The van der Waals surface area contributed by atoms with E-state index in [1.165, 1.54) is 24.6 Å². The molecule has 1 amide bonds. The first kappa shape index (κ1) is 17.6. The topological polar surface area (TPSA) is 80.0 Å². The standard InChI is InChI=1S/C18H18Cl2N4O/c19-13-9-15(21)16(10-14(13)20)24-17(25)7-6-11-3-2-8-22-18(11)23-12-4-1-5-12/h2-3,6-10,12H,1,4-5,21H2,(H,22,23)(H,24,25)/b7-6+. The molecule has 1 heterocycles. The molecule has 0 unspecified atom stereocenters. The van der Waals surface area contributed by atoms with Crippen LogP contribution in [0.4, 0.5) is 17.2 Å². The highest BCUT2D eigenvalue weighted by atomic mass is 35.5. The molecule has 3 rings (SSSR count). The van der Waals surface area contributed by atoms with Crippen LogP contribution in [0.5, 0.6) is 0 Å². The Morgan fingerprint density at radius 3 is 2.76 bits per heavy atom. The second kappa shape index (κ2) is 7.76. The highest BCUT2D eigenvalue weighted by Crippen LogP contribution is 2.30. The van der Waals surface area contributed by atoms with Gasteiger partial charge in [-0.3, -0.25) is 4.79 Å². The van der Waals surface area contributed by atoms with Crippen LogP contribution in [0.1, 0.15) is 24.8 Å². The molecule has 130 valence electrons. The van der Waals surface area contributed by atoms with Gasteiger partial charge in [0.15, 0.2) is 0 Å². The van der Waals surface area contributed by atoms with E-state index in [4.69, 9.17) is 28.9 Å². The summed E-state index contributed by atoms with van der Waals surface area (Å²) in [5, 5.41) is 6.76. The molecule has 1 aromatic heterocycles. The molecule has 0 bridgehead atoms. The van der Waals surface area contributed by atoms with E-state index in [9.17, 15) is 4.79 Å². The van der Waals surface area contributed by atoms with Gasteiger partial charge < -0.3 is 16.4 Å². The third-order valence-corrected chi connectivity index (χ3v) is 4.77. The van der Waals surface area contributed by atoms with Crippen molar-refractivity contribution in [3.05, 3.63) is 52.1 Å². The van der Waals surface area contributed by atoms with Crippen molar-refractivity contribution < 1.29 is 4.79 Å². The molecule has 5 nitrogen and oxygen atoms in total. The third-order valence-electron chi connectivity index (χ3n) is 4.05. The molecule has 4 N–H and O–H groups in total. The Hall–Kier alpha value is -2.24. The Bertz CT molecular complexity index is 819. The van der Waals surface area contributed by atoms with Crippen molar-refractivity contribution in [3.8, 4) is 0 Å². The Labute approximate surface area is 156 Å². The van der Waals surface area contributed by atoms with Crippen LogP contribution in [-0.4, -0.2) is 16.9 Å². The summed E-state index contributed by atoms with van der Waals surface area (Å²) in [5.41, 5.74) is 7.47. The maximum atomic E-state index is 12.2. The molecule has 2 aromatic rings. The summed E-state index contributed by atoms with van der Waals surface area (Å²) in [6.45, 7) is 0. The number of hydrogen-bond donors (Lipinski definition) is 3. The number of rotatable bonds is 5. The zero-order valence-corrected chi connectivity index (χ0v) is 14.9. The van der Waals surface area contributed by atoms with Crippen molar-refractivity contribution in [3.63, 3.8) is 0 Å². The van der Waals surface area contributed by atoms with Gasteiger partial charge in [0.2, 0.25) is 5.91 Å². The number of amides is 1. The van der Waals surface area contributed by atoms with Crippen LogP contribution >= 0.6 is 23.2 Å². The average Bonchev–Trinajstić information content (AvgIpc) is 2.55. The van der Waals surface area contributed by atoms with Gasteiger partial charge in [-0.2, -0.15) is 0 Å². The van der Waals surface area contributed by atoms with Crippen molar-refractivity contribution in [2.24, 2.45) is 0 Å². The molecule has 0 aliphatic heterocycles. The lowest BCUT2D eigenvalue weighted by Gasteiger charge is -2.27. The lowest BCUT2D eigenvalue weighted by Crippen LogP contribution is -2.27. The van der Waals surface area contributed by atoms with Crippen molar-refractivity contribution in [1.29, 1.82) is 0 Å². The minimum atomic E-state index is -0.316. The lowest BCUT2D eigenvalue weighted by molar-refractivity contribution is -0.111. The normalized spacial score (nSPS) is 14.3. The van der Waals surface area contributed by atoms with Gasteiger partial charge in [0.1, 0.15) is 5.82 Å². The van der Waals surface area contributed by atoms with Crippen molar-refractivity contribution in [2.75, 3.05) is 16.4 Å². The van der Waals surface area contributed by atoms with Crippen LogP contribution in [0.2, 0.25) is 10.0 Å². The number of nitrogens with zero attached hydrogens (tertiary/aromatic N) is 1. The maximum absolute atomic E-state index is 12.2. The van der Waals surface area contributed by atoms with Crippen LogP contribution in [-0.2, 0) is 4.79 Å². The van der Waals surface area contributed by atoms with Crippen LogP contribution < -0.4 is 16.4 Å². The quantitative estimate of drug-likeness (QED) is 0.526. The number of nitrogen functional groups attached to an aromatic ring is 1. The number of benzene rings is 1. The molecule has 0 saturated heterocycles. The van der Waals surface area contributed by atoms with Crippen molar-refractivity contribution in [1.82, 2.24) is 4.98 Å². The Balaban J connectivity index is 1.69. The summed E-state index contributed by atoms with van der Waals surface area (Å²) in [7, 11) is 0. The largest absolute Gasteiger partial charge is 0.397 e. The predicted molar refractivity (Wildman–Crippen MR) is 104 cm³/mol. The molecule has 1 aromatic carbocycles. The fraction of sp³-hybridized carbons (Fsp3) is 0.222. The first-order chi connectivity index (χ1) is 12.0. The Kier molecular flexibility index (Phi) is 5.46. The molecule has 0 radical (unpaired) electrons. The van der Waals surface area contributed by atoms with E-state index >= 15 is 0 Å². The number of carbonyl (C=O) groups excluding carboxylic acids is 1. The number of nitrogens with two attached hydrogens (primary N) is 1. The van der Waals surface area contributed by atoms with Crippen LogP contribution in [0.15, 0.2) is 36.5 Å². The van der Waals surface area contributed by atoms with Gasteiger partial charge in [-0.25, -0.2) is 4.98 Å². The summed E-state index contributed by atoms with van der Waals surface area (Å²) in [5.74, 6) is 0.467. The van der Waals surface area contributed by atoms with E-state index in [2.05, 4.69) is 15.6 Å². The van der Waals surface area contributed by atoms with Gasteiger partial charge >= 0.3 is 0 Å². The number of carbonyl (C=O) groups is 1. The predicted octanol–water partition coefficient (Wildman–Crippen LogP) is 4.59. The van der Waals surface area contributed by atoms with Crippen LogP contribution in [0.25, 0.3) is 6.08 Å². The van der Waals surface area contributed by atoms with Crippen molar-refractivity contribution in [2.45, 2.75) is 25.3 Å². The number of pyridine rings is 1. The SMILES string of the molecule is Nc1cc(Cl)c(Cl)cc1NC(=O)/C=C/c1cccnc1NC1CCC1. The van der Waals surface area contributed by atoms with Gasteiger partial charge in [-0.05, 0) is 49.6 Å². The fourth-order valence-electron chi connectivity index (χ4n) is 2.43. The van der Waals surface area contributed by atoms with E-state index in [0.717, 1.165) is 24.2 Å². The number of halogens is 2. The molecule has 1 aliphatic carbocycles. The summed E-state index contributed by atoms with van der Waals surface area (Å²) >= 11 is 11.8. The molecule has 1 fully saturated rings. The Morgan fingerprint density at radius 2 is 2.04 bits per heavy atom. The number of hydrogen-bond acceptors (Lipinski definition) is 4. The molecular formula is C18H18Cl2N4O. The number of aromatic nitrogens is 1. The highest BCUT2D eigenvalue weighted by molar-refractivity contribution is 6.42. The summed E-state index contributed by atoms with van der Waals surface area (Å²) in [6.07, 6.45) is 8.42. The van der Waals surface area contributed by atoms with E-state index in [1.54, 1.807) is 12.3 Å². The smallest absolute Gasteiger partial charge is 0.248 e. The third kappa shape index (κ3) is 4.44. The summed E-state index contributed by atoms with van der Waals surface area (Å²) < 4.78 is 0. The first-order valence-electron chi connectivity index (χ1n) is 7.98. The number of anilines is 3. The minimum absolute atomic E-state index is 0.316. The van der Waals surface area contributed by atoms with Crippen molar-refractivity contribution >= 4 is 52.4 Å². The number of nitrogens with one attached hydrogen (secondary N) is 2.